The van der Waals surface area contributed by atoms with Gasteiger partial charge in [-0.3, -0.25) is 4.79 Å². The number of H-pyrrole nitrogens is 2. The van der Waals surface area contributed by atoms with E-state index in [9.17, 15) is 4.79 Å². The molecular formula is C28H34ClN7O2. The molecular weight excluding hydrogens is 502 g/mol. The fourth-order valence-electron chi connectivity index (χ4n) is 4.49. The van der Waals surface area contributed by atoms with Crippen molar-refractivity contribution in [2.24, 2.45) is 5.92 Å². The maximum atomic E-state index is 13.2. The van der Waals surface area contributed by atoms with Crippen LogP contribution >= 0.6 is 11.6 Å². The maximum absolute atomic E-state index is 13.2. The van der Waals surface area contributed by atoms with Gasteiger partial charge in [0.05, 0.1) is 5.69 Å². The number of aryl methyl sites for hydroxylation is 1. The summed E-state index contributed by atoms with van der Waals surface area (Å²) in [5, 5.41) is 18.1. The Balaban J connectivity index is 1.71. The molecule has 9 nitrogen and oxygen atoms in total. The van der Waals surface area contributed by atoms with E-state index in [1.807, 2.05) is 62.4 Å². The molecule has 0 aliphatic heterocycles. The number of nitrogens with zero attached hydrogens (tertiary/aromatic N) is 4. The molecule has 4 rings (SSSR count). The van der Waals surface area contributed by atoms with Crippen molar-refractivity contribution in [3.8, 4) is 22.5 Å². The quantitative estimate of drug-likeness (QED) is 0.210. The van der Waals surface area contributed by atoms with Crippen LogP contribution in [0.2, 0.25) is 5.15 Å². The number of ether oxygens (including phenoxy) is 1. The number of esters is 1. The van der Waals surface area contributed by atoms with Crippen LogP contribution < -0.4 is 5.32 Å². The Kier molecular flexibility index (Phi) is 9.25. The number of benzene rings is 2. The number of tetrazole rings is 1. The van der Waals surface area contributed by atoms with Gasteiger partial charge in [0.2, 0.25) is 5.82 Å². The van der Waals surface area contributed by atoms with Crippen molar-refractivity contribution in [3.63, 3.8) is 0 Å². The molecule has 0 unspecified atom stereocenters. The predicted octanol–water partition coefficient (Wildman–Crippen LogP) is 5.32. The minimum absolute atomic E-state index is 0.0560. The third kappa shape index (κ3) is 6.46. The molecule has 10 heteroatoms. The van der Waals surface area contributed by atoms with Crippen LogP contribution in [-0.2, 0) is 22.4 Å². The van der Waals surface area contributed by atoms with Gasteiger partial charge in [0.25, 0.3) is 0 Å². The molecule has 2 aromatic heterocycles. The van der Waals surface area contributed by atoms with Crippen LogP contribution in [0.25, 0.3) is 22.5 Å². The number of aromatic nitrogens is 6. The van der Waals surface area contributed by atoms with E-state index in [-0.39, 0.29) is 11.9 Å². The summed E-state index contributed by atoms with van der Waals surface area (Å²) >= 11 is 6.58. The van der Waals surface area contributed by atoms with E-state index in [4.69, 9.17) is 16.3 Å². The van der Waals surface area contributed by atoms with Gasteiger partial charge in [-0.2, -0.15) is 5.21 Å². The van der Waals surface area contributed by atoms with E-state index >= 15 is 0 Å². The van der Waals surface area contributed by atoms with Gasteiger partial charge in [-0.25, -0.2) is 4.98 Å². The molecule has 4 aromatic rings. The average Bonchev–Trinajstić information content (AvgIpc) is 3.58. The largest absolute Gasteiger partial charge is 0.454 e. The van der Waals surface area contributed by atoms with E-state index in [0.29, 0.717) is 23.1 Å². The molecule has 0 saturated heterocycles. The van der Waals surface area contributed by atoms with Crippen molar-refractivity contribution in [2.45, 2.75) is 58.6 Å². The van der Waals surface area contributed by atoms with E-state index in [1.165, 1.54) is 0 Å². The topological polar surface area (TPSA) is 121 Å². The lowest BCUT2D eigenvalue weighted by atomic mass is 9.95. The lowest BCUT2D eigenvalue weighted by Gasteiger charge is -2.23. The fraction of sp³-hybridized carbons (Fsp3) is 0.393. The smallest absolute Gasteiger partial charge is 0.324 e. The highest BCUT2D eigenvalue weighted by Gasteiger charge is 2.29. The lowest BCUT2D eigenvalue weighted by molar-refractivity contribution is -0.153. The number of nitrogens with one attached hydrogen (secondary N) is 3. The third-order valence-electron chi connectivity index (χ3n) is 6.49. The molecule has 0 fully saturated rings. The summed E-state index contributed by atoms with van der Waals surface area (Å²) in [4.78, 5) is 21.0. The highest BCUT2D eigenvalue weighted by molar-refractivity contribution is 6.30. The van der Waals surface area contributed by atoms with Crippen molar-refractivity contribution < 1.29 is 9.53 Å². The number of rotatable bonds is 12. The molecule has 38 heavy (non-hydrogen) atoms. The lowest BCUT2D eigenvalue weighted by Crippen LogP contribution is -2.40. The summed E-state index contributed by atoms with van der Waals surface area (Å²) in [6, 6.07) is 15.6. The van der Waals surface area contributed by atoms with Crippen LogP contribution in [0.4, 0.5) is 0 Å². The zero-order valence-corrected chi connectivity index (χ0v) is 22.9. The Morgan fingerprint density at radius 3 is 2.58 bits per heavy atom. The molecule has 3 N–H and O–H groups in total. The Morgan fingerprint density at radius 2 is 1.92 bits per heavy atom. The van der Waals surface area contributed by atoms with Crippen molar-refractivity contribution in [3.05, 3.63) is 70.8 Å². The van der Waals surface area contributed by atoms with Crippen molar-refractivity contribution in [2.75, 3.05) is 7.05 Å². The van der Waals surface area contributed by atoms with Crippen LogP contribution in [-0.4, -0.2) is 49.7 Å². The summed E-state index contributed by atoms with van der Waals surface area (Å²) in [5.41, 5.74) is 4.35. The van der Waals surface area contributed by atoms with Crippen LogP contribution in [0.3, 0.4) is 0 Å². The first-order chi connectivity index (χ1) is 18.4. The summed E-state index contributed by atoms with van der Waals surface area (Å²) < 4.78 is 6.09. The molecule has 0 aliphatic carbocycles. The number of aromatic amines is 2. The second-order valence-electron chi connectivity index (χ2n) is 9.61. The molecule has 0 radical (unpaired) electrons. The monoisotopic (exact) mass is 535 g/mol. The molecule has 0 amide bonds. The summed E-state index contributed by atoms with van der Waals surface area (Å²) in [6.07, 6.45) is 2.52. The third-order valence-corrected chi connectivity index (χ3v) is 6.78. The van der Waals surface area contributed by atoms with Gasteiger partial charge in [-0.1, -0.05) is 81.3 Å². The Hall–Kier alpha value is -3.56. The number of hydrogen-bond donors (Lipinski definition) is 3. The molecule has 2 atom stereocenters. The first-order valence-electron chi connectivity index (χ1n) is 12.9. The number of unbranched alkanes of at least 4 members (excludes halogenated alkanes) is 1. The molecule has 0 aliphatic rings. The highest BCUT2D eigenvalue weighted by Crippen LogP contribution is 2.34. The zero-order chi connectivity index (χ0) is 27.1. The minimum Gasteiger partial charge on any atom is -0.454 e. The Bertz CT molecular complexity index is 1320. The van der Waals surface area contributed by atoms with E-state index < -0.39 is 12.1 Å². The Labute approximate surface area is 227 Å². The van der Waals surface area contributed by atoms with Crippen molar-refractivity contribution in [1.29, 1.82) is 0 Å². The second kappa shape index (κ2) is 12.8. The van der Waals surface area contributed by atoms with Crippen molar-refractivity contribution >= 4 is 17.6 Å². The van der Waals surface area contributed by atoms with E-state index in [2.05, 4.69) is 42.8 Å². The van der Waals surface area contributed by atoms with Crippen LogP contribution in [0, 0.1) is 5.92 Å². The molecule has 0 bridgehead atoms. The predicted molar refractivity (Wildman–Crippen MR) is 147 cm³/mol. The fourth-order valence-corrected chi connectivity index (χ4v) is 4.76. The number of carbonyl (C=O) groups excluding carboxylic acids is 1. The van der Waals surface area contributed by atoms with Crippen LogP contribution in [0.1, 0.15) is 56.8 Å². The van der Waals surface area contributed by atoms with Gasteiger partial charge in [0.1, 0.15) is 18.0 Å². The number of imidazole rings is 1. The number of halogens is 1. The summed E-state index contributed by atoms with van der Waals surface area (Å²) in [6.45, 7) is 6.08. The van der Waals surface area contributed by atoms with Crippen LogP contribution in [0.15, 0.2) is 48.5 Å². The van der Waals surface area contributed by atoms with Gasteiger partial charge in [-0.15, -0.1) is 10.2 Å². The van der Waals surface area contributed by atoms with Crippen LogP contribution in [0.5, 0.6) is 0 Å². The molecule has 200 valence electrons. The summed E-state index contributed by atoms with van der Waals surface area (Å²) in [7, 11) is 1.76. The first kappa shape index (κ1) is 27.5. The van der Waals surface area contributed by atoms with Gasteiger partial charge >= 0.3 is 5.97 Å². The molecule has 0 spiro atoms. The number of hydrogen-bond acceptors (Lipinski definition) is 7. The maximum Gasteiger partial charge on any atom is 0.324 e. The summed E-state index contributed by atoms with van der Waals surface area (Å²) in [5.74, 6) is 0.984. The molecule has 2 aromatic carbocycles. The zero-order valence-electron chi connectivity index (χ0n) is 22.2. The van der Waals surface area contributed by atoms with E-state index in [0.717, 1.165) is 47.3 Å². The van der Waals surface area contributed by atoms with Gasteiger partial charge in [0.15, 0.2) is 5.15 Å². The highest BCUT2D eigenvalue weighted by atomic mass is 35.5. The van der Waals surface area contributed by atoms with E-state index in [1.54, 1.807) is 7.05 Å². The Morgan fingerprint density at radius 1 is 1.13 bits per heavy atom. The minimum atomic E-state index is -0.659. The van der Waals surface area contributed by atoms with Gasteiger partial charge in [0, 0.05) is 18.4 Å². The normalized spacial score (nSPS) is 13.0. The van der Waals surface area contributed by atoms with Crippen molar-refractivity contribution in [1.82, 2.24) is 35.9 Å². The SMILES string of the molecule is CCCCc1nc(Cl)c([C@@H](Cc2ccc(-c3ccccc3)c(-c3nn[nH]n3)c2)OC(=O)[C@H](NC)C(C)C)[nH]1. The molecule has 0 saturated carbocycles. The second-order valence-corrected chi connectivity index (χ2v) is 9.97. The van der Waals surface area contributed by atoms with Gasteiger partial charge in [-0.05, 0) is 47.4 Å². The molecule has 2 heterocycles. The number of likely N-dealkylation sites (N-methyl/N-ethyl adjacent to an activating group) is 1. The van der Waals surface area contributed by atoms with Gasteiger partial charge < -0.3 is 15.0 Å². The first-order valence-corrected chi connectivity index (χ1v) is 13.3. The number of carbonyl (C=O) groups is 1. The average molecular weight is 536 g/mol. The standard InChI is InChI=1S/C28H34ClN7O2/c1-5-6-12-23-31-25(26(29)32-23)22(38-28(37)24(30-4)17(2)3)16-18-13-14-20(19-10-8-7-9-11-19)21(15-18)27-33-35-36-34-27/h7-11,13-15,17,22,24,30H,5-6,12,16H2,1-4H3,(H,31,32)(H,33,34,35,36)/t22-,24-/m1/s1.